The number of benzene rings is 1. The number of tetrazole rings is 1. The van der Waals surface area contributed by atoms with Crippen molar-refractivity contribution in [2.75, 3.05) is 12.1 Å². The number of aromatic hydroxyl groups is 1. The Morgan fingerprint density at radius 2 is 2.22 bits per heavy atom. The minimum atomic E-state index is -0.356. The Kier molecular flexibility index (Phi) is 3.98. The lowest BCUT2D eigenvalue weighted by Crippen LogP contribution is -2.22. The van der Waals surface area contributed by atoms with E-state index in [9.17, 15) is 9.90 Å². The number of nitrogens with one attached hydrogen (secondary N) is 1. The number of phenols is 1. The van der Waals surface area contributed by atoms with Crippen LogP contribution in [-0.4, -0.2) is 44.5 Å². The number of phenolic OH excluding ortho intramolecular Hbond substituents is 1. The van der Waals surface area contributed by atoms with E-state index in [-0.39, 0.29) is 17.6 Å². The summed E-state index contributed by atoms with van der Waals surface area (Å²) in [5, 5.41) is 28.3. The molecule has 118 valence electrons. The van der Waals surface area contributed by atoms with Gasteiger partial charge in [0.25, 0.3) is 11.9 Å². The highest BCUT2D eigenvalue weighted by atomic mass is 127. The van der Waals surface area contributed by atoms with E-state index in [1.54, 1.807) is 25.1 Å². The van der Waals surface area contributed by atoms with Crippen molar-refractivity contribution in [2.45, 2.75) is 6.92 Å². The number of aromatic amines is 1. The van der Waals surface area contributed by atoms with Crippen LogP contribution in [0.5, 0.6) is 11.5 Å². The Hall–Kier alpha value is -2.50. The number of ether oxygens (including phenoxy) is 1. The predicted molar refractivity (Wildman–Crippen MR) is 90.1 cm³/mol. The Labute approximate surface area is 144 Å². The van der Waals surface area contributed by atoms with Crippen molar-refractivity contribution in [2.24, 2.45) is 5.10 Å². The van der Waals surface area contributed by atoms with E-state index < -0.39 is 0 Å². The number of hydrazone groups is 1. The zero-order valence-corrected chi connectivity index (χ0v) is 14.3. The zero-order chi connectivity index (χ0) is 16.6. The average Bonchev–Trinajstić information content (AvgIpc) is 3.14. The van der Waals surface area contributed by atoms with Crippen LogP contribution >= 0.6 is 22.6 Å². The zero-order valence-electron chi connectivity index (χ0n) is 12.1. The van der Waals surface area contributed by atoms with Crippen LogP contribution in [0, 0.1) is 3.57 Å². The number of methoxy groups -OCH3 is 1. The maximum atomic E-state index is 12.5. The lowest BCUT2D eigenvalue weighted by Gasteiger charge is -2.07. The first-order chi connectivity index (χ1) is 11.0. The van der Waals surface area contributed by atoms with Crippen LogP contribution in [0.15, 0.2) is 22.8 Å². The van der Waals surface area contributed by atoms with Gasteiger partial charge in [-0.05, 0) is 58.5 Å². The molecule has 2 heterocycles. The number of rotatable bonds is 3. The number of amides is 1. The summed E-state index contributed by atoms with van der Waals surface area (Å²) >= 11 is 1.99. The van der Waals surface area contributed by atoms with Gasteiger partial charge in [0.1, 0.15) is 0 Å². The first-order valence-corrected chi connectivity index (χ1v) is 7.51. The maximum absolute atomic E-state index is 12.5. The highest BCUT2D eigenvalue weighted by Crippen LogP contribution is 2.33. The number of H-pyrrole nitrogens is 1. The van der Waals surface area contributed by atoms with Crippen molar-refractivity contribution in [3.63, 3.8) is 0 Å². The fourth-order valence-electron chi connectivity index (χ4n) is 2.07. The monoisotopic (exact) mass is 426 g/mol. The molecule has 0 aliphatic carbocycles. The lowest BCUT2D eigenvalue weighted by atomic mass is 10.1. The molecule has 0 atom stereocenters. The molecule has 0 bridgehead atoms. The van der Waals surface area contributed by atoms with E-state index in [2.05, 4.69) is 25.7 Å². The molecule has 10 heteroatoms. The number of halogens is 1. The number of hydrogen-bond acceptors (Lipinski definition) is 7. The topological polar surface area (TPSA) is 117 Å². The van der Waals surface area contributed by atoms with E-state index in [0.717, 1.165) is 5.01 Å². The lowest BCUT2D eigenvalue weighted by molar-refractivity contribution is -0.114. The van der Waals surface area contributed by atoms with Gasteiger partial charge >= 0.3 is 0 Å². The Balaban J connectivity index is 1.99. The van der Waals surface area contributed by atoms with Crippen LogP contribution < -0.4 is 9.75 Å². The van der Waals surface area contributed by atoms with Gasteiger partial charge in [0.05, 0.1) is 22.0 Å². The van der Waals surface area contributed by atoms with Crippen molar-refractivity contribution in [3.05, 3.63) is 26.8 Å². The van der Waals surface area contributed by atoms with Gasteiger partial charge in [0, 0.05) is 0 Å². The second kappa shape index (κ2) is 5.95. The molecule has 1 aromatic heterocycles. The molecule has 1 amide bonds. The quantitative estimate of drug-likeness (QED) is 0.565. The molecular weight excluding hydrogens is 415 g/mol. The largest absolute Gasteiger partial charge is 0.504 e. The number of aromatic nitrogens is 4. The molecule has 0 radical (unpaired) electrons. The van der Waals surface area contributed by atoms with E-state index >= 15 is 0 Å². The molecule has 9 nitrogen and oxygen atoms in total. The minimum Gasteiger partial charge on any atom is -0.504 e. The van der Waals surface area contributed by atoms with Gasteiger partial charge in [0.2, 0.25) is 0 Å². The summed E-state index contributed by atoms with van der Waals surface area (Å²) in [4.78, 5) is 12.5. The fraction of sp³-hybridized carbons (Fsp3) is 0.154. The van der Waals surface area contributed by atoms with Crippen LogP contribution in [0.4, 0.5) is 5.95 Å². The van der Waals surface area contributed by atoms with Gasteiger partial charge < -0.3 is 9.84 Å². The molecule has 23 heavy (non-hydrogen) atoms. The normalized spacial score (nSPS) is 16.1. The van der Waals surface area contributed by atoms with Crippen molar-refractivity contribution in [1.29, 1.82) is 0 Å². The smallest absolute Gasteiger partial charge is 0.293 e. The van der Waals surface area contributed by atoms with Gasteiger partial charge in [-0.2, -0.15) is 15.3 Å². The van der Waals surface area contributed by atoms with Crippen LogP contribution in [0.1, 0.15) is 12.5 Å². The molecule has 1 aromatic carbocycles. The maximum Gasteiger partial charge on any atom is 0.293 e. The second-order valence-electron chi connectivity index (χ2n) is 4.63. The Morgan fingerprint density at radius 1 is 1.43 bits per heavy atom. The summed E-state index contributed by atoms with van der Waals surface area (Å²) in [7, 11) is 1.47. The third-order valence-electron chi connectivity index (χ3n) is 3.17. The van der Waals surface area contributed by atoms with Gasteiger partial charge in [-0.15, -0.1) is 5.10 Å². The number of carbonyl (C=O) groups is 1. The molecule has 2 N–H and O–H groups in total. The van der Waals surface area contributed by atoms with E-state index in [0.29, 0.717) is 26.2 Å². The average molecular weight is 426 g/mol. The number of hydrogen-bond donors (Lipinski definition) is 2. The molecule has 3 rings (SSSR count). The summed E-state index contributed by atoms with van der Waals surface area (Å²) in [6.07, 6.45) is 1.67. The van der Waals surface area contributed by atoms with Crippen LogP contribution in [-0.2, 0) is 4.79 Å². The van der Waals surface area contributed by atoms with Crippen LogP contribution in [0.2, 0.25) is 0 Å². The fourth-order valence-corrected chi connectivity index (χ4v) is 2.69. The number of anilines is 1. The molecule has 0 fully saturated rings. The van der Waals surface area contributed by atoms with Gasteiger partial charge in [-0.1, -0.05) is 5.10 Å². The third kappa shape index (κ3) is 2.76. The summed E-state index contributed by atoms with van der Waals surface area (Å²) < 4.78 is 5.74. The van der Waals surface area contributed by atoms with Crippen LogP contribution in [0.25, 0.3) is 6.08 Å². The Morgan fingerprint density at radius 3 is 2.87 bits per heavy atom. The van der Waals surface area contributed by atoms with Crippen molar-refractivity contribution in [3.8, 4) is 11.5 Å². The summed E-state index contributed by atoms with van der Waals surface area (Å²) in [5.41, 5.74) is 1.64. The standard InChI is InChI=1S/C13H11IN6O3/c1-6-8(12(22)20(17-6)13-15-18-19-16-13)3-7-4-9(14)11(21)10(5-7)23-2/h3-5,21H,1-2H3,(H,15,16,18,19)/b8-3-. The highest BCUT2D eigenvalue weighted by molar-refractivity contribution is 14.1. The first kappa shape index (κ1) is 15.4. The molecule has 0 saturated carbocycles. The minimum absolute atomic E-state index is 0.0619. The van der Waals surface area contributed by atoms with E-state index in [1.165, 1.54) is 7.11 Å². The molecule has 0 unspecified atom stereocenters. The summed E-state index contributed by atoms with van der Waals surface area (Å²) in [5.74, 6) is 0.118. The third-order valence-corrected chi connectivity index (χ3v) is 3.99. The summed E-state index contributed by atoms with van der Waals surface area (Å²) in [6, 6.07) is 3.38. The van der Waals surface area contributed by atoms with Gasteiger partial charge in [0.15, 0.2) is 11.5 Å². The molecule has 2 aromatic rings. The number of nitrogens with zero attached hydrogens (tertiary/aromatic N) is 5. The molecule has 0 saturated heterocycles. The van der Waals surface area contributed by atoms with Crippen LogP contribution in [0.3, 0.4) is 0 Å². The van der Waals surface area contributed by atoms with Crippen molar-refractivity contribution in [1.82, 2.24) is 20.6 Å². The molecule has 0 spiro atoms. The SMILES string of the molecule is COc1cc(/C=C2\C(=O)N(c3nn[nH]n3)N=C2C)cc(I)c1O. The molecular formula is C13H11IN6O3. The van der Waals surface area contributed by atoms with Gasteiger partial charge in [-0.3, -0.25) is 4.79 Å². The first-order valence-electron chi connectivity index (χ1n) is 6.43. The summed E-state index contributed by atoms with van der Waals surface area (Å²) in [6.45, 7) is 1.71. The second-order valence-corrected chi connectivity index (χ2v) is 5.79. The van der Waals surface area contributed by atoms with E-state index in [4.69, 9.17) is 4.74 Å². The Bertz CT molecular complexity index is 830. The number of carbonyl (C=O) groups excluding carboxylic acids is 1. The molecule has 1 aliphatic rings. The predicted octanol–water partition coefficient (Wildman–Crippen LogP) is 1.32. The van der Waals surface area contributed by atoms with Crippen molar-refractivity contribution < 1.29 is 14.6 Å². The van der Waals surface area contributed by atoms with Crippen molar-refractivity contribution >= 4 is 46.2 Å². The van der Waals surface area contributed by atoms with E-state index in [1.807, 2.05) is 22.6 Å². The highest BCUT2D eigenvalue weighted by Gasteiger charge is 2.31. The molecule has 1 aliphatic heterocycles. The van der Waals surface area contributed by atoms with Gasteiger partial charge in [-0.25, -0.2) is 0 Å².